The lowest BCUT2D eigenvalue weighted by molar-refractivity contribution is 0.163. The van der Waals surface area contributed by atoms with Gasteiger partial charge < -0.3 is 59.6 Å². The maximum atomic E-state index is 6.46. The van der Waals surface area contributed by atoms with E-state index in [0.29, 0.717) is 74.2 Å². The Labute approximate surface area is 817 Å². The summed E-state index contributed by atoms with van der Waals surface area (Å²) < 4.78 is 41.7. The number of ether oxygens (including phenoxy) is 5. The van der Waals surface area contributed by atoms with Crippen molar-refractivity contribution < 1.29 is 28.1 Å². The SMILES string of the molecule is CC(C)N1CC[C@@H](Oc2cc(Nc3ncc4cc(Br)cc(Cl)c4n3)cc(-c3cnn(C)c3)c2)C1.CN1CC[C@@H](Oc2cc(Nc3ncc4cc(Br)cc(Cl)c4n3)cc(-c3cnn(C)c3)c2)C1.c1cc(Nc2ncc3cc(-c4cn[nH]c4)c(OCc4cnccn4)cc3n2)cc(-c2cnco2)c1.c1cnc(Oc2ccc(Nc3ncc4cc(-c5nccs5)c(OC5CCNCC5)cc4n3)cc2)nc1. The highest BCUT2D eigenvalue weighted by atomic mass is 79.9. The second-order valence-corrected chi connectivity index (χ2v) is 36.5. The van der Waals surface area contributed by atoms with E-state index in [0.717, 1.165) is 202 Å². The Hall–Kier alpha value is -14.6. The van der Waals surface area contributed by atoms with Crippen LogP contribution in [0.15, 0.2) is 270 Å². The quantitative estimate of drug-likeness (QED) is 0.0309. The van der Waals surface area contributed by atoms with Gasteiger partial charge in [-0.1, -0.05) is 67.2 Å². The maximum absolute atomic E-state index is 6.46. The Morgan fingerprint density at radius 2 is 1.09 bits per heavy atom. The number of aromatic nitrogens is 20. The number of hydrogen-bond acceptors (Lipinski definition) is 31. The number of nitrogens with one attached hydrogen (secondary N) is 6. The maximum Gasteiger partial charge on any atom is 0.321 e. The van der Waals surface area contributed by atoms with Crippen LogP contribution in [0.4, 0.5) is 46.5 Å². The molecule has 3 saturated heterocycles. The minimum Gasteiger partial charge on any atom is -0.490 e. The largest absolute Gasteiger partial charge is 0.490 e. The van der Waals surface area contributed by atoms with E-state index in [4.69, 9.17) is 61.3 Å². The van der Waals surface area contributed by atoms with E-state index < -0.39 is 0 Å². The molecular formula is C99H89Br2Cl2N27O6S. The van der Waals surface area contributed by atoms with Crippen LogP contribution in [0.25, 0.3) is 98.9 Å². The van der Waals surface area contributed by atoms with Gasteiger partial charge in [-0.3, -0.25) is 29.3 Å². The summed E-state index contributed by atoms with van der Waals surface area (Å²) in [5, 5.41) is 39.7. The van der Waals surface area contributed by atoms with Crippen LogP contribution < -0.4 is 50.3 Å². The molecule has 22 rings (SSSR count). The van der Waals surface area contributed by atoms with E-state index in [-0.39, 0.29) is 24.9 Å². The van der Waals surface area contributed by atoms with Crippen LogP contribution in [-0.2, 0) is 20.7 Å². The van der Waals surface area contributed by atoms with Gasteiger partial charge in [0.25, 0.3) is 0 Å². The zero-order chi connectivity index (χ0) is 93.7. The molecule has 3 aliphatic heterocycles. The molecule has 33 nitrogen and oxygen atoms in total. The second-order valence-electron chi connectivity index (χ2n) is 32.9. The number of anilines is 8. The van der Waals surface area contributed by atoms with Crippen molar-refractivity contribution in [1.82, 2.24) is 115 Å². The normalized spacial score (nSPS) is 14.4. The predicted octanol–water partition coefficient (Wildman–Crippen LogP) is 21.3. The van der Waals surface area contributed by atoms with Crippen LogP contribution in [-0.4, -0.2) is 180 Å². The number of fused-ring (bicyclic) bond motifs is 4. The van der Waals surface area contributed by atoms with E-state index in [1.807, 2.05) is 172 Å². The number of oxazole rings is 1. The lowest BCUT2D eigenvalue weighted by Crippen LogP contribution is -2.34. The number of likely N-dealkylation sites (N-methyl/N-ethyl adjacent to an activating group) is 1. The number of piperidine rings is 1. The van der Waals surface area contributed by atoms with Crippen LogP contribution in [0, 0.1) is 0 Å². The Morgan fingerprint density at radius 1 is 0.489 bits per heavy atom. The van der Waals surface area contributed by atoms with Gasteiger partial charge in [-0.2, -0.15) is 15.3 Å². The lowest BCUT2D eigenvalue weighted by atomic mass is 10.1. The van der Waals surface area contributed by atoms with Gasteiger partial charge in [-0.25, -0.2) is 59.8 Å². The molecule has 11 aromatic heterocycles. The Kier molecular flexibility index (Phi) is 28.4. The molecule has 0 aliphatic carbocycles. The first-order chi connectivity index (χ1) is 66.9. The fourth-order valence-electron chi connectivity index (χ4n) is 15.8. The summed E-state index contributed by atoms with van der Waals surface area (Å²) in [5.41, 5.74) is 14.7. The van der Waals surface area contributed by atoms with Gasteiger partial charge in [0, 0.05) is 231 Å². The molecule has 0 saturated carbocycles. The molecule has 0 spiro atoms. The molecule has 3 fully saturated rings. The Morgan fingerprint density at radius 3 is 1.66 bits per heavy atom. The first-order valence-electron chi connectivity index (χ1n) is 44.0. The summed E-state index contributed by atoms with van der Waals surface area (Å²) in [7, 11) is 5.93. The van der Waals surface area contributed by atoms with Crippen LogP contribution >= 0.6 is 66.4 Å². The second kappa shape index (κ2) is 42.5. The molecule has 690 valence electrons. The standard InChI is InChI=1S/C26H23N7O2S.C25H26BrClN6O.C25H18N8O2.C23H22BrClN6O/c1-8-29-26(30-9-1)35-19-4-2-18(3-5-19)32-25-31-16-17-14-21(24-28-12-13-36-24)23(15-22(17)33-25)34-20-6-10-27-11-7-20;1-15(2)33-5-4-21(14-33)34-22-8-16(18-12-29-32(3)13-18)7-20(10-22)30-25-28-11-17-6-19(26)9-23(27)24(17)31-25;1-2-16(24-13-27-15-35-24)6-19(3-1)32-25-29-9-17-7-21(18-10-30-31-11-18)23(8-22(17)33-25)34-14-20-12-26-4-5-28-20;1-30-4-3-19(13-30)32-20-7-14(16-11-27-31(2)12-16)6-18(9-20)28-23-26-10-15-5-17(24)8-21(25)22(15)29-23/h1-5,8-9,12-16,20,27H,6-7,10-11H2,(H,31,32,33);6-13,15,21H,4-5,14H2,1-3H3,(H,28,30,31);1-13,15H,14H2,(H,30,31)(H,29,32,33);5-12,19H,3-4,13H2,1-2H3,(H,26,28,29)/t;21-;;19-/m.1.1/s1. The van der Waals surface area contributed by atoms with Gasteiger partial charge >= 0.3 is 6.01 Å². The molecule has 0 radical (unpaired) electrons. The van der Waals surface area contributed by atoms with Gasteiger partial charge in [-0.15, -0.1) is 11.3 Å². The van der Waals surface area contributed by atoms with Crippen LogP contribution in [0.3, 0.4) is 0 Å². The van der Waals surface area contributed by atoms with E-state index in [9.17, 15) is 0 Å². The molecule has 8 aromatic carbocycles. The molecule has 137 heavy (non-hydrogen) atoms. The number of halogens is 4. The number of aromatic amines is 1. The molecule has 19 aromatic rings. The highest BCUT2D eigenvalue weighted by Crippen LogP contribution is 2.41. The van der Waals surface area contributed by atoms with Crippen LogP contribution in [0.5, 0.6) is 34.8 Å². The molecule has 2 atom stereocenters. The topological polar surface area (TPSA) is 371 Å². The number of thiazole rings is 1. The van der Waals surface area contributed by atoms with E-state index >= 15 is 0 Å². The van der Waals surface area contributed by atoms with Crippen LogP contribution in [0.2, 0.25) is 10.0 Å². The van der Waals surface area contributed by atoms with Gasteiger partial charge in [-0.05, 0) is 174 Å². The third kappa shape index (κ3) is 23.5. The van der Waals surface area contributed by atoms with Gasteiger partial charge in [0.15, 0.2) is 12.2 Å². The number of rotatable bonds is 25. The zero-order valence-electron chi connectivity index (χ0n) is 74.6. The van der Waals surface area contributed by atoms with E-state index in [1.54, 1.807) is 88.7 Å². The van der Waals surface area contributed by atoms with Gasteiger partial charge in [0.1, 0.15) is 58.7 Å². The lowest BCUT2D eigenvalue weighted by Gasteiger charge is -2.25. The monoisotopic (exact) mass is 2010 g/mol. The highest BCUT2D eigenvalue weighted by molar-refractivity contribution is 9.10. The minimum atomic E-state index is 0.161. The summed E-state index contributed by atoms with van der Waals surface area (Å²) in [4.78, 5) is 66.4. The van der Waals surface area contributed by atoms with Crippen molar-refractivity contribution in [2.45, 2.75) is 70.5 Å². The smallest absolute Gasteiger partial charge is 0.321 e. The number of hydrogen-bond donors (Lipinski definition) is 6. The van der Waals surface area contributed by atoms with E-state index in [1.165, 1.54) is 6.39 Å². The number of aryl methyl sites for hydroxylation is 2. The summed E-state index contributed by atoms with van der Waals surface area (Å²) in [6.07, 6.45) is 35.9. The summed E-state index contributed by atoms with van der Waals surface area (Å²) in [6, 6.07) is 45.5. The summed E-state index contributed by atoms with van der Waals surface area (Å²) in [6.45, 7) is 10.6. The van der Waals surface area contributed by atoms with Crippen LogP contribution in [0.1, 0.15) is 45.2 Å². The Bertz CT molecular complexity index is 7390. The van der Waals surface area contributed by atoms with E-state index in [2.05, 4.69) is 194 Å². The highest BCUT2D eigenvalue weighted by Gasteiger charge is 2.28. The molecule has 0 bridgehead atoms. The molecule has 6 N–H and O–H groups in total. The van der Waals surface area contributed by atoms with Crippen molar-refractivity contribution in [3.05, 3.63) is 281 Å². The zero-order valence-corrected chi connectivity index (χ0v) is 80.1. The molecule has 3 aliphatic rings. The first kappa shape index (κ1) is 91.5. The summed E-state index contributed by atoms with van der Waals surface area (Å²) >= 11 is 21.3. The van der Waals surface area contributed by atoms with Crippen molar-refractivity contribution in [3.8, 4) is 90.0 Å². The van der Waals surface area contributed by atoms with Gasteiger partial charge in [0.05, 0.1) is 74.4 Å². The third-order valence-electron chi connectivity index (χ3n) is 22.6. The molecule has 14 heterocycles. The van der Waals surface area contributed by atoms with Gasteiger partial charge in [0.2, 0.25) is 23.8 Å². The average Bonchev–Trinajstić information content (AvgIpc) is 1.78. The van der Waals surface area contributed by atoms with Crippen molar-refractivity contribution >= 4 is 157 Å². The fraction of sp³-hybridized carbons (Fsp3) is 0.202. The van der Waals surface area contributed by atoms with Crippen molar-refractivity contribution in [2.75, 3.05) is 67.6 Å². The Balaban J connectivity index is 0.000000117. The number of likely N-dealkylation sites (tertiary alicyclic amines) is 2. The molecule has 38 heteroatoms. The fourth-order valence-corrected chi connectivity index (χ4v) is 18.2. The third-order valence-corrected chi connectivity index (χ3v) is 24.9. The number of benzene rings is 8. The number of nitrogens with zero attached hydrogens (tertiary/aromatic N) is 21. The predicted molar refractivity (Wildman–Crippen MR) is 538 cm³/mol. The number of H-pyrrole nitrogens is 1. The van der Waals surface area contributed by atoms with Crippen molar-refractivity contribution in [2.24, 2.45) is 14.1 Å². The molecule has 0 amide bonds. The molecular weight excluding hydrogens is 1930 g/mol. The average molecular weight is 2020 g/mol. The van der Waals surface area contributed by atoms with Crippen molar-refractivity contribution in [1.29, 1.82) is 0 Å². The first-order valence-corrected chi connectivity index (χ1v) is 47.3. The van der Waals surface area contributed by atoms with Crippen molar-refractivity contribution in [3.63, 3.8) is 0 Å². The summed E-state index contributed by atoms with van der Waals surface area (Å²) in [5.74, 6) is 6.29. The molecule has 0 unspecified atom stereocenters. The minimum absolute atomic E-state index is 0.161.